The van der Waals surface area contributed by atoms with Gasteiger partial charge < -0.3 is 19.3 Å². The number of hydrogen-bond donors (Lipinski definition) is 2. The molecule has 0 spiro atoms. The number of ether oxygens (including phenoxy) is 3. The first-order valence-corrected chi connectivity index (χ1v) is 14.6. The molecule has 2 aliphatic rings. The molecule has 1 aromatic heterocycles. The molecule has 9 heteroatoms. The molecular formula is C28H47FN2O6. The summed E-state index contributed by atoms with van der Waals surface area (Å²) in [4.78, 5) is 26.0. The second-order valence-electron chi connectivity index (χ2n) is 10.7. The van der Waals surface area contributed by atoms with Crippen LogP contribution in [0.5, 0.6) is 0 Å². The minimum absolute atomic E-state index is 0.313. The average molecular weight is 527 g/mol. The molecule has 2 N–H and O–H groups in total. The predicted octanol–water partition coefficient (Wildman–Crippen LogP) is 5.33. The highest BCUT2D eigenvalue weighted by molar-refractivity contribution is 5.00. The SMILES string of the molecule is CCCCCCCCCC1(CCCCCCCCC)O[C@H]2[C@H](O1)[C@@H](CO)O[C@H]2n1cc(F)c(=O)[nH]c1=O. The van der Waals surface area contributed by atoms with Gasteiger partial charge in [0.1, 0.15) is 18.3 Å². The zero-order chi connectivity index (χ0) is 26.7. The molecule has 0 aliphatic carbocycles. The summed E-state index contributed by atoms with van der Waals surface area (Å²) in [6, 6.07) is 0. The smallest absolute Gasteiger partial charge is 0.330 e. The molecule has 3 rings (SSSR count). The Bertz CT molecular complexity index is 901. The number of rotatable bonds is 18. The first kappa shape index (κ1) is 30.0. The number of H-pyrrole nitrogens is 1. The van der Waals surface area contributed by atoms with Gasteiger partial charge in [-0.2, -0.15) is 4.39 Å². The van der Waals surface area contributed by atoms with Crippen molar-refractivity contribution in [3.8, 4) is 0 Å². The topological polar surface area (TPSA) is 103 Å². The number of fused-ring (bicyclic) bond motifs is 1. The van der Waals surface area contributed by atoms with Gasteiger partial charge in [-0.25, -0.2) is 4.79 Å². The zero-order valence-electron chi connectivity index (χ0n) is 22.7. The van der Waals surface area contributed by atoms with E-state index in [0.29, 0.717) is 0 Å². The van der Waals surface area contributed by atoms with Gasteiger partial charge in [0.05, 0.1) is 12.8 Å². The maximum Gasteiger partial charge on any atom is 0.330 e. The van der Waals surface area contributed by atoms with E-state index >= 15 is 0 Å². The third-order valence-electron chi connectivity index (χ3n) is 7.69. The van der Waals surface area contributed by atoms with Gasteiger partial charge in [0.25, 0.3) is 5.56 Å². The van der Waals surface area contributed by atoms with Crippen molar-refractivity contribution in [2.75, 3.05) is 6.61 Å². The Morgan fingerprint density at radius 2 is 1.38 bits per heavy atom. The van der Waals surface area contributed by atoms with Crippen molar-refractivity contribution in [3.63, 3.8) is 0 Å². The van der Waals surface area contributed by atoms with Crippen LogP contribution in [0.15, 0.2) is 15.8 Å². The second-order valence-corrected chi connectivity index (χ2v) is 10.7. The van der Waals surface area contributed by atoms with E-state index in [1.807, 2.05) is 4.98 Å². The molecule has 0 aromatic carbocycles. The van der Waals surface area contributed by atoms with E-state index < -0.39 is 47.4 Å². The number of nitrogens with one attached hydrogen (secondary N) is 1. The molecule has 0 radical (unpaired) electrons. The van der Waals surface area contributed by atoms with E-state index in [4.69, 9.17) is 14.2 Å². The van der Waals surface area contributed by atoms with Crippen LogP contribution in [0, 0.1) is 5.82 Å². The molecule has 37 heavy (non-hydrogen) atoms. The van der Waals surface area contributed by atoms with E-state index in [1.165, 1.54) is 64.2 Å². The van der Waals surface area contributed by atoms with E-state index in [-0.39, 0.29) is 6.61 Å². The van der Waals surface area contributed by atoms with E-state index in [0.717, 1.165) is 49.3 Å². The summed E-state index contributed by atoms with van der Waals surface area (Å²) in [6.45, 7) is 4.11. The number of aromatic nitrogens is 2. The van der Waals surface area contributed by atoms with Crippen LogP contribution in [0.25, 0.3) is 0 Å². The molecule has 0 bridgehead atoms. The Labute approximate surface area is 219 Å². The maximum absolute atomic E-state index is 14.0. The Hall–Kier alpha value is -1.55. The minimum Gasteiger partial charge on any atom is -0.394 e. The summed E-state index contributed by atoms with van der Waals surface area (Å²) in [5.74, 6) is -1.90. The highest BCUT2D eigenvalue weighted by atomic mass is 19.1. The lowest BCUT2D eigenvalue weighted by molar-refractivity contribution is -0.228. The van der Waals surface area contributed by atoms with Gasteiger partial charge in [0.2, 0.25) is 5.82 Å². The summed E-state index contributed by atoms with van der Waals surface area (Å²) < 4.78 is 34.0. The van der Waals surface area contributed by atoms with Crippen LogP contribution in [0.2, 0.25) is 0 Å². The summed E-state index contributed by atoms with van der Waals surface area (Å²) in [5, 5.41) is 9.97. The largest absolute Gasteiger partial charge is 0.394 e. The number of unbranched alkanes of at least 4 members (excludes halogenated alkanes) is 12. The lowest BCUT2D eigenvalue weighted by Crippen LogP contribution is -2.39. The first-order valence-electron chi connectivity index (χ1n) is 14.6. The fourth-order valence-corrected chi connectivity index (χ4v) is 5.58. The van der Waals surface area contributed by atoms with Crippen LogP contribution in [-0.2, 0) is 14.2 Å². The molecular weight excluding hydrogens is 479 g/mol. The van der Waals surface area contributed by atoms with Gasteiger partial charge in [-0.15, -0.1) is 0 Å². The monoisotopic (exact) mass is 526 g/mol. The van der Waals surface area contributed by atoms with Gasteiger partial charge in [0, 0.05) is 12.8 Å². The van der Waals surface area contributed by atoms with Gasteiger partial charge in [-0.3, -0.25) is 14.3 Å². The van der Waals surface area contributed by atoms with Crippen molar-refractivity contribution >= 4 is 0 Å². The minimum atomic E-state index is -1.08. The van der Waals surface area contributed by atoms with Crippen molar-refractivity contribution in [2.24, 2.45) is 0 Å². The Kier molecular flexibility index (Phi) is 12.3. The van der Waals surface area contributed by atoms with Crippen LogP contribution < -0.4 is 11.2 Å². The molecule has 212 valence electrons. The van der Waals surface area contributed by atoms with Gasteiger partial charge >= 0.3 is 5.69 Å². The first-order chi connectivity index (χ1) is 17.9. The molecule has 2 fully saturated rings. The summed E-state index contributed by atoms with van der Waals surface area (Å²) in [7, 11) is 0. The Morgan fingerprint density at radius 1 is 0.865 bits per heavy atom. The van der Waals surface area contributed by atoms with Gasteiger partial charge in [-0.1, -0.05) is 90.9 Å². The highest BCUT2D eigenvalue weighted by Gasteiger charge is 2.58. The van der Waals surface area contributed by atoms with Crippen LogP contribution >= 0.6 is 0 Å². The van der Waals surface area contributed by atoms with Crippen LogP contribution in [0.1, 0.15) is 123 Å². The number of nitrogens with zero attached hydrogens (tertiary/aromatic N) is 1. The summed E-state index contributed by atoms with van der Waals surface area (Å²) in [6.07, 6.45) is 15.8. The highest BCUT2D eigenvalue weighted by Crippen LogP contribution is 2.46. The number of hydrogen-bond acceptors (Lipinski definition) is 6. The quantitative estimate of drug-likeness (QED) is 0.251. The average Bonchev–Trinajstić information content (AvgIpc) is 3.41. The van der Waals surface area contributed by atoms with Crippen LogP contribution in [0.3, 0.4) is 0 Å². The molecule has 0 unspecified atom stereocenters. The fourth-order valence-electron chi connectivity index (χ4n) is 5.58. The molecule has 2 saturated heterocycles. The molecule has 0 amide bonds. The van der Waals surface area contributed by atoms with Gasteiger partial charge in [0.15, 0.2) is 12.0 Å². The van der Waals surface area contributed by atoms with Crippen LogP contribution in [0.4, 0.5) is 4.39 Å². The van der Waals surface area contributed by atoms with E-state index in [2.05, 4.69) is 13.8 Å². The number of halogens is 1. The van der Waals surface area contributed by atoms with Crippen molar-refractivity contribution in [1.29, 1.82) is 0 Å². The predicted molar refractivity (Wildman–Crippen MR) is 140 cm³/mol. The van der Waals surface area contributed by atoms with Crippen molar-refractivity contribution < 1.29 is 23.7 Å². The molecule has 8 nitrogen and oxygen atoms in total. The molecule has 1 aromatic rings. The molecule has 4 atom stereocenters. The number of aliphatic hydroxyl groups is 1. The van der Waals surface area contributed by atoms with Crippen molar-refractivity contribution in [3.05, 3.63) is 32.9 Å². The van der Waals surface area contributed by atoms with Crippen LogP contribution in [-0.4, -0.2) is 45.4 Å². The lowest BCUT2D eigenvalue weighted by Gasteiger charge is -2.31. The Morgan fingerprint density at radius 3 is 1.92 bits per heavy atom. The number of aliphatic hydroxyl groups excluding tert-OH is 1. The molecule has 2 aliphatic heterocycles. The standard InChI is InChI=1S/C28H47FN2O6/c1-3-5-7-9-11-13-15-17-28(18-16-14-12-10-8-6-4-2)36-23-22(20-32)35-26(24(23)37-28)31-19-21(29)25(33)30-27(31)34/h19,22-24,26,32H,3-18,20H2,1-2H3,(H,30,33,34)/t22-,23-,24+,26-/m1/s1. The van der Waals surface area contributed by atoms with Crippen molar-refractivity contribution in [2.45, 2.75) is 147 Å². The third kappa shape index (κ3) is 8.22. The second kappa shape index (κ2) is 15.1. The maximum atomic E-state index is 14.0. The summed E-state index contributed by atoms with van der Waals surface area (Å²) >= 11 is 0. The van der Waals surface area contributed by atoms with E-state index in [1.54, 1.807) is 0 Å². The van der Waals surface area contributed by atoms with Gasteiger partial charge in [-0.05, 0) is 12.8 Å². The normalized spacial score (nSPS) is 24.5. The summed E-state index contributed by atoms with van der Waals surface area (Å²) in [5.41, 5.74) is -1.86. The fraction of sp³-hybridized carbons (Fsp3) is 0.857. The molecule has 0 saturated carbocycles. The Balaban J connectivity index is 1.68. The zero-order valence-corrected chi connectivity index (χ0v) is 22.7. The third-order valence-corrected chi connectivity index (χ3v) is 7.69. The molecule has 3 heterocycles. The van der Waals surface area contributed by atoms with Crippen molar-refractivity contribution in [1.82, 2.24) is 9.55 Å². The lowest BCUT2D eigenvalue weighted by atomic mass is 9.98. The number of aromatic amines is 1. The van der Waals surface area contributed by atoms with E-state index in [9.17, 15) is 19.1 Å².